The maximum Gasteiger partial charge on any atom is 0.305 e. The molecule has 0 aliphatic heterocycles. The van der Waals surface area contributed by atoms with Crippen molar-refractivity contribution in [1.82, 2.24) is 0 Å². The maximum absolute atomic E-state index is 12.4. The van der Waals surface area contributed by atoms with Gasteiger partial charge in [0.15, 0.2) is 0 Å². The normalized spacial score (nSPS) is 12.3. The van der Waals surface area contributed by atoms with Crippen molar-refractivity contribution in [1.29, 1.82) is 0 Å². The number of carbonyl (C=O) groups is 1. The van der Waals surface area contributed by atoms with Gasteiger partial charge in [-0.15, -0.1) is 0 Å². The number of esters is 1. The van der Waals surface area contributed by atoms with Gasteiger partial charge in [0.25, 0.3) is 0 Å². The number of aliphatic hydroxyl groups is 1. The third-order valence-electron chi connectivity index (χ3n) is 8.72. The summed E-state index contributed by atoms with van der Waals surface area (Å²) in [4.78, 5) is 12.4. The molecule has 0 saturated carbocycles. The van der Waals surface area contributed by atoms with Crippen molar-refractivity contribution in [2.24, 2.45) is 5.92 Å². The minimum Gasteiger partial charge on any atom is -0.465 e. The molecule has 1 atom stereocenters. The van der Waals surface area contributed by atoms with Crippen LogP contribution in [0.3, 0.4) is 0 Å². The summed E-state index contributed by atoms with van der Waals surface area (Å²) < 4.78 is 5.79. The molecule has 0 spiro atoms. The van der Waals surface area contributed by atoms with Crippen LogP contribution in [0.15, 0.2) is 0 Å². The Morgan fingerprint density at radius 3 is 1.20 bits per heavy atom. The standard InChI is InChI=1S/C37H74O3/c1-4-7-10-13-15-17-20-24-29-35(30-25-21-18-16-14-11-8-5-2)34-40-37(39)33-28-23-22-27-32-36(38)31-26-19-12-9-6-3/h35-36,38H,4-34H2,1-3H3. The summed E-state index contributed by atoms with van der Waals surface area (Å²) in [6, 6.07) is 0. The molecule has 0 aliphatic carbocycles. The number of unbranched alkanes of at least 4 members (excludes halogenated alkanes) is 21. The van der Waals surface area contributed by atoms with Crippen molar-refractivity contribution < 1.29 is 14.6 Å². The first kappa shape index (κ1) is 39.4. The Balaban J connectivity index is 4.01. The van der Waals surface area contributed by atoms with E-state index in [9.17, 15) is 9.90 Å². The average Bonchev–Trinajstić information content (AvgIpc) is 2.95. The van der Waals surface area contributed by atoms with Gasteiger partial charge in [-0.2, -0.15) is 0 Å². The van der Waals surface area contributed by atoms with E-state index in [0.29, 0.717) is 18.9 Å². The van der Waals surface area contributed by atoms with Crippen molar-refractivity contribution in [3.63, 3.8) is 0 Å². The van der Waals surface area contributed by atoms with Gasteiger partial charge in [-0.1, -0.05) is 175 Å². The molecule has 3 nitrogen and oxygen atoms in total. The monoisotopic (exact) mass is 567 g/mol. The van der Waals surface area contributed by atoms with Crippen LogP contribution < -0.4 is 0 Å². The van der Waals surface area contributed by atoms with Crippen molar-refractivity contribution in [3.05, 3.63) is 0 Å². The average molecular weight is 567 g/mol. The third-order valence-corrected chi connectivity index (χ3v) is 8.72. The third kappa shape index (κ3) is 30.4. The molecule has 0 aromatic heterocycles. The van der Waals surface area contributed by atoms with Gasteiger partial charge in [0.05, 0.1) is 12.7 Å². The van der Waals surface area contributed by atoms with Gasteiger partial charge in [-0.05, 0) is 38.0 Å². The summed E-state index contributed by atoms with van der Waals surface area (Å²) in [5.74, 6) is 0.552. The minimum absolute atomic E-state index is 0.00367. The van der Waals surface area contributed by atoms with Gasteiger partial charge in [0.1, 0.15) is 0 Å². The fraction of sp³-hybridized carbons (Fsp3) is 0.973. The Morgan fingerprint density at radius 1 is 0.475 bits per heavy atom. The predicted molar refractivity (Wildman–Crippen MR) is 176 cm³/mol. The number of hydrogen-bond donors (Lipinski definition) is 1. The summed E-state index contributed by atoms with van der Waals surface area (Å²) >= 11 is 0. The zero-order valence-electron chi connectivity index (χ0n) is 27.8. The number of rotatable bonds is 33. The first-order chi connectivity index (χ1) is 19.6. The van der Waals surface area contributed by atoms with Crippen LogP contribution in [0.1, 0.15) is 213 Å². The zero-order chi connectivity index (χ0) is 29.4. The molecular weight excluding hydrogens is 492 g/mol. The number of aliphatic hydroxyl groups excluding tert-OH is 1. The quantitative estimate of drug-likeness (QED) is 0.0634. The number of hydrogen-bond acceptors (Lipinski definition) is 3. The van der Waals surface area contributed by atoms with Gasteiger partial charge in [-0.3, -0.25) is 4.79 Å². The summed E-state index contributed by atoms with van der Waals surface area (Å²) in [7, 11) is 0. The molecule has 0 saturated heterocycles. The lowest BCUT2D eigenvalue weighted by Crippen LogP contribution is -2.14. The van der Waals surface area contributed by atoms with Crippen LogP contribution in [0, 0.1) is 5.92 Å². The lowest BCUT2D eigenvalue weighted by atomic mass is 9.94. The highest BCUT2D eigenvalue weighted by molar-refractivity contribution is 5.69. The molecule has 0 amide bonds. The molecule has 0 aromatic carbocycles. The second-order valence-corrected chi connectivity index (χ2v) is 12.9. The van der Waals surface area contributed by atoms with E-state index in [2.05, 4.69) is 20.8 Å². The van der Waals surface area contributed by atoms with Crippen LogP contribution in [0.4, 0.5) is 0 Å². The molecule has 0 aliphatic rings. The lowest BCUT2D eigenvalue weighted by Gasteiger charge is -2.17. The van der Waals surface area contributed by atoms with E-state index in [1.165, 1.54) is 141 Å². The summed E-state index contributed by atoms with van der Waals surface area (Å²) in [6.07, 6.45) is 37.0. The highest BCUT2D eigenvalue weighted by Crippen LogP contribution is 2.21. The van der Waals surface area contributed by atoms with E-state index in [0.717, 1.165) is 44.9 Å². The van der Waals surface area contributed by atoms with Crippen LogP contribution >= 0.6 is 0 Å². The molecule has 40 heavy (non-hydrogen) atoms. The Morgan fingerprint density at radius 2 is 0.800 bits per heavy atom. The molecule has 0 heterocycles. The largest absolute Gasteiger partial charge is 0.465 e. The summed E-state index contributed by atoms with van der Waals surface area (Å²) in [6.45, 7) is 7.44. The van der Waals surface area contributed by atoms with Crippen LogP contribution in [-0.2, 0) is 9.53 Å². The highest BCUT2D eigenvalue weighted by atomic mass is 16.5. The molecule has 1 unspecified atom stereocenters. The molecule has 0 rings (SSSR count). The maximum atomic E-state index is 12.4. The minimum atomic E-state index is -0.134. The van der Waals surface area contributed by atoms with Crippen molar-refractivity contribution >= 4 is 5.97 Å². The van der Waals surface area contributed by atoms with Crippen LogP contribution in [0.2, 0.25) is 0 Å². The SMILES string of the molecule is CCCCCCCCCCC(CCCCCCCCCC)COC(=O)CCCCCCC(O)CCCCCCC. The highest BCUT2D eigenvalue weighted by Gasteiger charge is 2.12. The predicted octanol–water partition coefficient (Wildman–Crippen LogP) is 12.3. The van der Waals surface area contributed by atoms with E-state index >= 15 is 0 Å². The van der Waals surface area contributed by atoms with Crippen molar-refractivity contribution in [3.8, 4) is 0 Å². The lowest BCUT2D eigenvalue weighted by molar-refractivity contribution is -0.145. The summed E-state index contributed by atoms with van der Waals surface area (Å²) in [5, 5.41) is 10.2. The molecular formula is C37H74O3. The van der Waals surface area contributed by atoms with E-state index in [1.54, 1.807) is 0 Å². The molecule has 3 heteroatoms. The van der Waals surface area contributed by atoms with E-state index in [1.807, 2.05) is 0 Å². The molecule has 0 bridgehead atoms. The smallest absolute Gasteiger partial charge is 0.305 e. The molecule has 240 valence electrons. The van der Waals surface area contributed by atoms with E-state index in [-0.39, 0.29) is 12.1 Å². The number of ether oxygens (including phenoxy) is 1. The zero-order valence-corrected chi connectivity index (χ0v) is 27.8. The molecule has 0 radical (unpaired) electrons. The Kier molecular flexibility index (Phi) is 32.5. The van der Waals surface area contributed by atoms with Gasteiger partial charge < -0.3 is 9.84 Å². The van der Waals surface area contributed by atoms with Crippen molar-refractivity contribution in [2.45, 2.75) is 219 Å². The number of carbonyl (C=O) groups excluding carboxylic acids is 1. The molecule has 1 N–H and O–H groups in total. The first-order valence-corrected chi connectivity index (χ1v) is 18.5. The fourth-order valence-electron chi connectivity index (χ4n) is 5.86. The molecule has 0 fully saturated rings. The topological polar surface area (TPSA) is 46.5 Å². The van der Waals surface area contributed by atoms with Crippen LogP contribution in [0.5, 0.6) is 0 Å². The molecule has 0 aromatic rings. The van der Waals surface area contributed by atoms with E-state index in [4.69, 9.17) is 4.74 Å². The van der Waals surface area contributed by atoms with Crippen LogP contribution in [-0.4, -0.2) is 23.8 Å². The fourth-order valence-corrected chi connectivity index (χ4v) is 5.86. The van der Waals surface area contributed by atoms with Gasteiger partial charge >= 0.3 is 5.97 Å². The second kappa shape index (κ2) is 32.9. The van der Waals surface area contributed by atoms with Crippen molar-refractivity contribution in [2.75, 3.05) is 6.61 Å². The Hall–Kier alpha value is -0.570. The second-order valence-electron chi connectivity index (χ2n) is 12.9. The van der Waals surface area contributed by atoms with Gasteiger partial charge in [0, 0.05) is 6.42 Å². The van der Waals surface area contributed by atoms with Crippen LogP contribution in [0.25, 0.3) is 0 Å². The van der Waals surface area contributed by atoms with Gasteiger partial charge in [-0.25, -0.2) is 0 Å². The first-order valence-electron chi connectivity index (χ1n) is 18.5. The summed E-state index contributed by atoms with van der Waals surface area (Å²) in [5.41, 5.74) is 0. The Bertz CT molecular complexity index is 472. The van der Waals surface area contributed by atoms with Gasteiger partial charge in [0.2, 0.25) is 0 Å². The van der Waals surface area contributed by atoms with E-state index < -0.39 is 0 Å². The Labute approximate surface area is 252 Å².